The lowest BCUT2D eigenvalue weighted by molar-refractivity contribution is 0.854. The van der Waals surface area contributed by atoms with Crippen LogP contribution < -0.4 is 5.32 Å². The van der Waals surface area contributed by atoms with E-state index in [1.165, 1.54) is 11.8 Å². The summed E-state index contributed by atoms with van der Waals surface area (Å²) in [6.07, 6.45) is 6.68. The van der Waals surface area contributed by atoms with Crippen molar-refractivity contribution >= 4 is 28.6 Å². The van der Waals surface area contributed by atoms with Gasteiger partial charge in [0.25, 0.3) is 0 Å². The van der Waals surface area contributed by atoms with Gasteiger partial charge in [-0.25, -0.2) is 15.0 Å². The highest BCUT2D eigenvalue weighted by Crippen LogP contribution is 2.24. The summed E-state index contributed by atoms with van der Waals surface area (Å²) in [5.74, 6) is 1.29. The van der Waals surface area contributed by atoms with Crippen LogP contribution in [0.3, 0.4) is 0 Å². The summed E-state index contributed by atoms with van der Waals surface area (Å²) < 4.78 is 1.94. The molecule has 0 saturated heterocycles. The Labute approximate surface area is 183 Å². The summed E-state index contributed by atoms with van der Waals surface area (Å²) in [4.78, 5) is 22.0. The molecule has 0 radical (unpaired) electrons. The average molecular weight is 428 g/mol. The van der Waals surface area contributed by atoms with Gasteiger partial charge in [-0.15, -0.1) is 0 Å². The van der Waals surface area contributed by atoms with Gasteiger partial charge < -0.3 is 5.32 Å². The van der Waals surface area contributed by atoms with Gasteiger partial charge in [0.05, 0.1) is 35.2 Å². The number of benzene rings is 2. The Morgan fingerprint density at radius 3 is 2.61 bits per heavy atom. The van der Waals surface area contributed by atoms with Crippen molar-refractivity contribution in [2.45, 2.75) is 13.0 Å². The fourth-order valence-corrected chi connectivity index (χ4v) is 3.49. The van der Waals surface area contributed by atoms with E-state index in [9.17, 15) is 0 Å². The first-order valence-electron chi connectivity index (χ1n) is 9.77. The summed E-state index contributed by atoms with van der Waals surface area (Å²) in [7, 11) is 0. The van der Waals surface area contributed by atoms with Crippen LogP contribution in [0.2, 0.25) is 5.15 Å². The van der Waals surface area contributed by atoms with Crippen LogP contribution in [0.15, 0.2) is 79.5 Å². The second kappa shape index (κ2) is 8.12. The number of fused-ring (bicyclic) bond motifs is 1. The van der Waals surface area contributed by atoms with Crippen LogP contribution in [0, 0.1) is 0 Å². The van der Waals surface area contributed by atoms with Crippen LogP contribution in [0.25, 0.3) is 28.1 Å². The molecule has 0 unspecified atom stereocenters. The van der Waals surface area contributed by atoms with Crippen molar-refractivity contribution in [3.63, 3.8) is 0 Å². The molecular weight excluding hydrogens is 410 g/mol. The van der Waals surface area contributed by atoms with E-state index in [0.29, 0.717) is 11.1 Å². The first kappa shape index (κ1) is 19.1. The van der Waals surface area contributed by atoms with Gasteiger partial charge in [0.2, 0.25) is 5.95 Å². The van der Waals surface area contributed by atoms with Gasteiger partial charge >= 0.3 is 0 Å². The van der Waals surface area contributed by atoms with E-state index in [1.54, 1.807) is 18.7 Å². The Morgan fingerprint density at radius 2 is 1.81 bits per heavy atom. The van der Waals surface area contributed by atoms with Gasteiger partial charge in [0.15, 0.2) is 0 Å². The molecule has 2 aromatic carbocycles. The number of hydrogen-bond donors (Lipinski definition) is 1. The highest BCUT2D eigenvalue weighted by molar-refractivity contribution is 6.29. The third-order valence-corrected chi connectivity index (χ3v) is 5.19. The normalized spacial score (nSPS) is 12.1. The van der Waals surface area contributed by atoms with Crippen molar-refractivity contribution in [2.24, 2.45) is 0 Å². The second-order valence-electron chi connectivity index (χ2n) is 7.06. The summed E-state index contributed by atoms with van der Waals surface area (Å²) in [6, 6.07) is 18.1. The van der Waals surface area contributed by atoms with Crippen LogP contribution in [0.5, 0.6) is 0 Å². The number of rotatable bonds is 5. The van der Waals surface area contributed by atoms with Crippen LogP contribution in [0.4, 0.5) is 5.95 Å². The van der Waals surface area contributed by atoms with Crippen molar-refractivity contribution in [1.82, 2.24) is 29.5 Å². The highest BCUT2D eigenvalue weighted by atomic mass is 35.5. The van der Waals surface area contributed by atoms with Crippen molar-refractivity contribution in [1.29, 1.82) is 0 Å². The van der Waals surface area contributed by atoms with E-state index in [1.807, 2.05) is 47.0 Å². The lowest BCUT2D eigenvalue weighted by atomic mass is 10.1. The zero-order valence-corrected chi connectivity index (χ0v) is 17.4. The minimum absolute atomic E-state index is 0.0824. The van der Waals surface area contributed by atoms with Gasteiger partial charge in [0.1, 0.15) is 17.3 Å². The minimum Gasteiger partial charge on any atom is -0.348 e. The third-order valence-electron chi connectivity index (χ3n) is 5.00. The molecule has 3 aromatic heterocycles. The Bertz CT molecular complexity index is 1330. The monoisotopic (exact) mass is 427 g/mol. The number of nitrogens with zero attached hydrogens (tertiary/aromatic N) is 6. The predicted octanol–water partition coefficient (Wildman–Crippen LogP) is 5.10. The van der Waals surface area contributed by atoms with Crippen molar-refractivity contribution in [2.75, 3.05) is 5.32 Å². The Morgan fingerprint density at radius 1 is 0.935 bits per heavy atom. The number of anilines is 1. The largest absolute Gasteiger partial charge is 0.348 e. The summed E-state index contributed by atoms with van der Waals surface area (Å²) in [5, 5.41) is 3.73. The van der Waals surface area contributed by atoms with Gasteiger partial charge in [-0.3, -0.25) is 9.55 Å². The van der Waals surface area contributed by atoms with Gasteiger partial charge in [-0.05, 0) is 30.7 Å². The average Bonchev–Trinajstić information content (AvgIpc) is 3.24. The predicted molar refractivity (Wildman–Crippen MR) is 121 cm³/mol. The highest BCUT2D eigenvalue weighted by Gasteiger charge is 2.11. The molecule has 1 N–H and O–H groups in total. The third kappa shape index (κ3) is 3.95. The van der Waals surface area contributed by atoms with Gasteiger partial charge in [-0.2, -0.15) is 4.98 Å². The molecule has 0 saturated carbocycles. The number of imidazole rings is 1. The Balaban J connectivity index is 1.44. The first-order valence-corrected chi connectivity index (χ1v) is 10.1. The number of halogens is 1. The van der Waals surface area contributed by atoms with Gasteiger partial charge in [-0.1, -0.05) is 48.0 Å². The first-order chi connectivity index (χ1) is 15.2. The van der Waals surface area contributed by atoms with Crippen molar-refractivity contribution < 1.29 is 0 Å². The van der Waals surface area contributed by atoms with Crippen LogP contribution in [0.1, 0.15) is 18.5 Å². The lowest BCUT2D eigenvalue weighted by Gasteiger charge is -2.14. The minimum atomic E-state index is 0.0824. The SMILES string of the molecule is C[C@H](Nc1nccc(-n2cnc3cc(-c4cnc(Cl)cn4)ccc32)n1)c1ccccc1. The van der Waals surface area contributed by atoms with E-state index in [-0.39, 0.29) is 6.04 Å². The second-order valence-corrected chi connectivity index (χ2v) is 7.44. The fraction of sp³-hybridized carbons (Fsp3) is 0.0870. The zero-order chi connectivity index (χ0) is 21.2. The maximum atomic E-state index is 5.84. The number of aromatic nitrogens is 6. The molecule has 0 aliphatic rings. The molecule has 0 spiro atoms. The summed E-state index contributed by atoms with van der Waals surface area (Å²) >= 11 is 5.84. The maximum absolute atomic E-state index is 5.84. The van der Waals surface area contributed by atoms with E-state index >= 15 is 0 Å². The Hall–Kier alpha value is -3.84. The molecule has 0 aliphatic heterocycles. The van der Waals surface area contributed by atoms with Crippen LogP contribution in [-0.2, 0) is 0 Å². The summed E-state index contributed by atoms with van der Waals surface area (Å²) in [6.45, 7) is 2.08. The number of hydrogen-bond acceptors (Lipinski definition) is 6. The molecule has 0 bridgehead atoms. The molecule has 152 valence electrons. The molecule has 1 atom stereocenters. The van der Waals surface area contributed by atoms with E-state index in [4.69, 9.17) is 11.6 Å². The van der Waals surface area contributed by atoms with E-state index in [0.717, 1.165) is 28.1 Å². The van der Waals surface area contributed by atoms with E-state index in [2.05, 4.69) is 49.3 Å². The molecule has 0 aliphatic carbocycles. The molecule has 3 heterocycles. The molecule has 8 heteroatoms. The van der Waals surface area contributed by atoms with Crippen molar-refractivity contribution in [3.8, 4) is 17.1 Å². The van der Waals surface area contributed by atoms with Crippen LogP contribution >= 0.6 is 11.6 Å². The van der Waals surface area contributed by atoms with Gasteiger partial charge in [0, 0.05) is 11.8 Å². The topological polar surface area (TPSA) is 81.4 Å². The molecular formula is C23H18ClN7. The molecule has 5 rings (SSSR count). The summed E-state index contributed by atoms with van der Waals surface area (Å²) in [5.41, 5.74) is 4.60. The standard InChI is InChI=1S/C23H18ClN7/c1-15(16-5-3-2-4-6-16)29-23-25-10-9-22(30-23)31-14-28-18-11-17(7-8-20(18)31)19-12-27-21(24)13-26-19/h2-15H,1H3,(H,25,29,30)/t15-/m0/s1. The Kier molecular flexibility index (Phi) is 5.01. The quantitative estimate of drug-likeness (QED) is 0.420. The lowest BCUT2D eigenvalue weighted by Crippen LogP contribution is -2.10. The van der Waals surface area contributed by atoms with E-state index < -0.39 is 0 Å². The smallest absolute Gasteiger partial charge is 0.225 e. The van der Waals surface area contributed by atoms with Crippen molar-refractivity contribution in [3.05, 3.63) is 90.2 Å². The number of nitrogens with one attached hydrogen (secondary N) is 1. The molecule has 5 aromatic rings. The molecule has 0 fully saturated rings. The molecule has 7 nitrogen and oxygen atoms in total. The molecule has 31 heavy (non-hydrogen) atoms. The fourth-order valence-electron chi connectivity index (χ4n) is 3.39. The van der Waals surface area contributed by atoms with Crippen LogP contribution in [-0.4, -0.2) is 29.5 Å². The zero-order valence-electron chi connectivity index (χ0n) is 16.6. The molecule has 0 amide bonds. The maximum Gasteiger partial charge on any atom is 0.225 e.